The molecule has 1 amide bonds. The van der Waals surface area contributed by atoms with Gasteiger partial charge in [-0.15, -0.1) is 0 Å². The van der Waals surface area contributed by atoms with Gasteiger partial charge in [0.1, 0.15) is 0 Å². The van der Waals surface area contributed by atoms with Crippen molar-refractivity contribution in [2.24, 2.45) is 11.7 Å². The van der Waals surface area contributed by atoms with E-state index in [1.165, 1.54) is 18.4 Å². The Morgan fingerprint density at radius 2 is 2.14 bits per heavy atom. The maximum absolute atomic E-state index is 12.6. The van der Waals surface area contributed by atoms with Gasteiger partial charge in [-0.25, -0.2) is 0 Å². The summed E-state index contributed by atoms with van der Waals surface area (Å²) in [6.45, 7) is 2.34. The van der Waals surface area contributed by atoms with Crippen LogP contribution in [0.2, 0.25) is 0 Å². The summed E-state index contributed by atoms with van der Waals surface area (Å²) < 4.78 is 0. The Morgan fingerprint density at radius 1 is 1.43 bits per heavy atom. The molecule has 116 valence electrons. The molecule has 1 aromatic rings. The van der Waals surface area contributed by atoms with Crippen molar-refractivity contribution in [2.75, 3.05) is 33.7 Å². The number of benzene rings is 1. The molecule has 1 saturated heterocycles. The minimum absolute atomic E-state index is 0.121. The summed E-state index contributed by atoms with van der Waals surface area (Å²) in [4.78, 5) is 16.8. The van der Waals surface area contributed by atoms with Gasteiger partial charge in [0, 0.05) is 26.2 Å². The first kappa shape index (κ1) is 16.0. The molecule has 0 bridgehead atoms. The third-order valence-corrected chi connectivity index (χ3v) is 4.49. The molecular weight excluding hydrogens is 262 g/mol. The molecule has 0 radical (unpaired) electrons. The van der Waals surface area contributed by atoms with E-state index in [2.05, 4.69) is 24.1 Å². The van der Waals surface area contributed by atoms with Crippen LogP contribution in [0.4, 0.5) is 0 Å². The van der Waals surface area contributed by atoms with E-state index in [0.717, 1.165) is 19.5 Å². The molecule has 0 aliphatic carbocycles. The Bertz CT molecular complexity index is 449. The van der Waals surface area contributed by atoms with Crippen LogP contribution in [0, 0.1) is 5.92 Å². The van der Waals surface area contributed by atoms with Crippen molar-refractivity contribution in [1.82, 2.24) is 9.80 Å². The zero-order valence-corrected chi connectivity index (χ0v) is 13.2. The van der Waals surface area contributed by atoms with Crippen molar-refractivity contribution in [3.05, 3.63) is 35.9 Å². The monoisotopic (exact) mass is 289 g/mol. The number of rotatable bonds is 6. The van der Waals surface area contributed by atoms with Crippen LogP contribution in [0.5, 0.6) is 0 Å². The lowest BCUT2D eigenvalue weighted by Crippen LogP contribution is -2.44. The predicted molar refractivity (Wildman–Crippen MR) is 86.0 cm³/mol. The Morgan fingerprint density at radius 3 is 2.71 bits per heavy atom. The van der Waals surface area contributed by atoms with Crippen LogP contribution in [-0.4, -0.2) is 55.5 Å². The number of nitrogens with zero attached hydrogens (tertiary/aromatic N) is 2. The molecule has 0 saturated carbocycles. The lowest BCUT2D eigenvalue weighted by Gasteiger charge is -2.28. The van der Waals surface area contributed by atoms with E-state index >= 15 is 0 Å². The summed E-state index contributed by atoms with van der Waals surface area (Å²) in [5, 5.41) is 0. The van der Waals surface area contributed by atoms with Crippen molar-refractivity contribution >= 4 is 5.91 Å². The Hall–Kier alpha value is -1.39. The topological polar surface area (TPSA) is 49.6 Å². The smallest absolute Gasteiger partial charge is 0.227 e. The van der Waals surface area contributed by atoms with Gasteiger partial charge in [-0.05, 0) is 38.4 Å². The molecule has 2 unspecified atom stereocenters. The van der Waals surface area contributed by atoms with Crippen LogP contribution >= 0.6 is 0 Å². The highest BCUT2D eigenvalue weighted by atomic mass is 16.2. The van der Waals surface area contributed by atoms with Crippen LogP contribution in [0.25, 0.3) is 0 Å². The quantitative estimate of drug-likeness (QED) is 0.860. The van der Waals surface area contributed by atoms with Crippen LogP contribution < -0.4 is 5.73 Å². The number of likely N-dealkylation sites (tertiary alicyclic amines) is 1. The molecule has 1 aromatic carbocycles. The molecule has 4 nitrogen and oxygen atoms in total. The number of hydrogen-bond donors (Lipinski definition) is 1. The number of nitrogens with two attached hydrogens (primary N) is 1. The maximum atomic E-state index is 12.6. The average Bonchev–Trinajstić information content (AvgIpc) is 2.90. The SMILES string of the molecule is CN(CC1CCCN1C)C(=O)C(CN)Cc1ccccc1. The predicted octanol–water partition coefficient (Wildman–Crippen LogP) is 1.36. The summed E-state index contributed by atoms with van der Waals surface area (Å²) in [6.07, 6.45) is 3.13. The molecule has 1 fully saturated rings. The number of carbonyl (C=O) groups is 1. The molecule has 0 aromatic heterocycles. The van der Waals surface area contributed by atoms with Crippen molar-refractivity contribution < 1.29 is 4.79 Å². The minimum Gasteiger partial charge on any atom is -0.344 e. The zero-order chi connectivity index (χ0) is 15.2. The van der Waals surface area contributed by atoms with E-state index in [1.807, 2.05) is 30.1 Å². The fraction of sp³-hybridized carbons (Fsp3) is 0.588. The summed E-state index contributed by atoms with van der Waals surface area (Å²) in [5.41, 5.74) is 7.01. The zero-order valence-electron chi connectivity index (χ0n) is 13.2. The van der Waals surface area contributed by atoms with E-state index < -0.39 is 0 Å². The average molecular weight is 289 g/mol. The molecule has 21 heavy (non-hydrogen) atoms. The van der Waals surface area contributed by atoms with Crippen LogP contribution in [0.1, 0.15) is 18.4 Å². The fourth-order valence-corrected chi connectivity index (χ4v) is 3.10. The van der Waals surface area contributed by atoms with Crippen LogP contribution in [0.15, 0.2) is 30.3 Å². The third-order valence-electron chi connectivity index (χ3n) is 4.49. The van der Waals surface area contributed by atoms with E-state index in [0.29, 0.717) is 12.6 Å². The van der Waals surface area contributed by atoms with Gasteiger partial charge in [0.25, 0.3) is 0 Å². The molecule has 1 heterocycles. The highest BCUT2D eigenvalue weighted by molar-refractivity contribution is 5.79. The highest BCUT2D eigenvalue weighted by Gasteiger charge is 2.27. The van der Waals surface area contributed by atoms with E-state index in [4.69, 9.17) is 5.73 Å². The molecule has 1 aliphatic heterocycles. The van der Waals surface area contributed by atoms with Crippen molar-refractivity contribution in [3.8, 4) is 0 Å². The number of hydrogen-bond acceptors (Lipinski definition) is 3. The Kier molecular flexibility index (Phi) is 5.76. The molecule has 2 N–H and O–H groups in total. The molecule has 2 atom stereocenters. The van der Waals surface area contributed by atoms with Gasteiger partial charge in [-0.3, -0.25) is 4.79 Å². The fourth-order valence-electron chi connectivity index (χ4n) is 3.10. The van der Waals surface area contributed by atoms with Gasteiger partial charge >= 0.3 is 0 Å². The highest BCUT2D eigenvalue weighted by Crippen LogP contribution is 2.17. The second kappa shape index (κ2) is 7.57. The van der Waals surface area contributed by atoms with Crippen molar-refractivity contribution in [3.63, 3.8) is 0 Å². The minimum atomic E-state index is -0.121. The molecule has 2 rings (SSSR count). The normalized spacial score (nSPS) is 20.4. The standard InChI is InChI=1S/C17H27N3O/c1-19-10-6-9-16(19)13-20(2)17(21)15(12-18)11-14-7-4-3-5-8-14/h3-5,7-8,15-16H,6,9-13,18H2,1-2H3. The molecule has 0 spiro atoms. The third kappa shape index (κ3) is 4.29. The van der Waals surface area contributed by atoms with Gasteiger partial charge in [0.05, 0.1) is 5.92 Å². The Labute approximate surface area is 127 Å². The van der Waals surface area contributed by atoms with Gasteiger partial charge in [-0.1, -0.05) is 30.3 Å². The van der Waals surface area contributed by atoms with Crippen LogP contribution in [-0.2, 0) is 11.2 Å². The number of carbonyl (C=O) groups excluding carboxylic acids is 1. The lowest BCUT2D eigenvalue weighted by atomic mass is 9.98. The summed E-state index contributed by atoms with van der Waals surface area (Å²) in [7, 11) is 4.04. The molecule has 4 heteroatoms. The lowest BCUT2D eigenvalue weighted by molar-refractivity contribution is -0.134. The van der Waals surface area contributed by atoms with Crippen LogP contribution in [0.3, 0.4) is 0 Å². The first-order valence-corrected chi connectivity index (χ1v) is 7.81. The largest absolute Gasteiger partial charge is 0.344 e. The summed E-state index contributed by atoms with van der Waals surface area (Å²) in [6, 6.07) is 10.6. The maximum Gasteiger partial charge on any atom is 0.227 e. The van der Waals surface area contributed by atoms with E-state index in [9.17, 15) is 4.79 Å². The van der Waals surface area contributed by atoms with E-state index in [-0.39, 0.29) is 11.8 Å². The summed E-state index contributed by atoms with van der Waals surface area (Å²) >= 11 is 0. The summed E-state index contributed by atoms with van der Waals surface area (Å²) in [5.74, 6) is 0.0470. The Balaban J connectivity index is 1.92. The number of likely N-dealkylation sites (N-methyl/N-ethyl adjacent to an activating group) is 2. The van der Waals surface area contributed by atoms with E-state index in [1.54, 1.807) is 0 Å². The van der Waals surface area contributed by atoms with Gasteiger partial charge < -0.3 is 15.5 Å². The van der Waals surface area contributed by atoms with Crippen molar-refractivity contribution in [2.45, 2.75) is 25.3 Å². The molecular formula is C17H27N3O. The first-order chi connectivity index (χ1) is 10.1. The van der Waals surface area contributed by atoms with Crippen molar-refractivity contribution in [1.29, 1.82) is 0 Å². The first-order valence-electron chi connectivity index (χ1n) is 7.81. The second-order valence-electron chi connectivity index (χ2n) is 6.12. The van der Waals surface area contributed by atoms with Gasteiger partial charge in [0.2, 0.25) is 5.91 Å². The van der Waals surface area contributed by atoms with Gasteiger partial charge in [0.15, 0.2) is 0 Å². The number of amides is 1. The van der Waals surface area contributed by atoms with Gasteiger partial charge in [-0.2, -0.15) is 0 Å². The second-order valence-corrected chi connectivity index (χ2v) is 6.12. The molecule has 1 aliphatic rings.